The van der Waals surface area contributed by atoms with E-state index in [1.807, 2.05) is 20.0 Å². The molecule has 0 aliphatic rings. The second-order valence-electron chi connectivity index (χ2n) is 4.16. The first-order chi connectivity index (χ1) is 8.60. The van der Waals surface area contributed by atoms with Crippen molar-refractivity contribution in [2.75, 3.05) is 0 Å². The number of hydrogen-bond donors (Lipinski definition) is 1. The number of nitrogens with two attached hydrogens (primary N) is 1. The minimum atomic E-state index is -0.392. The van der Waals surface area contributed by atoms with Crippen LogP contribution >= 0.6 is 0 Å². The fraction of sp³-hybridized carbons (Fsp3) is 0.308. The lowest BCUT2D eigenvalue weighted by atomic mass is 10.2. The number of nitrogens with zero attached hydrogens (tertiary/aromatic N) is 2. The Morgan fingerprint density at radius 1 is 1.39 bits per heavy atom. The highest BCUT2D eigenvalue weighted by atomic mass is 19.1. The Balaban J connectivity index is 2.08. The van der Waals surface area contributed by atoms with Gasteiger partial charge in [0.05, 0.1) is 11.4 Å². The van der Waals surface area contributed by atoms with Gasteiger partial charge in [-0.1, -0.05) is 6.07 Å². The smallest absolute Gasteiger partial charge is 0.165 e. The van der Waals surface area contributed by atoms with Gasteiger partial charge in [-0.25, -0.2) is 4.39 Å². The molecular weight excluding hydrogens is 233 g/mol. The fourth-order valence-electron chi connectivity index (χ4n) is 1.74. The molecule has 0 radical (unpaired) electrons. The SMILES string of the molecule is Cc1cc(COc2ccc(CN)cc2F)n(C)n1. The normalized spacial score (nSPS) is 10.7. The summed E-state index contributed by atoms with van der Waals surface area (Å²) in [6, 6.07) is 6.66. The maximum absolute atomic E-state index is 13.6. The molecule has 96 valence electrons. The molecule has 1 aromatic carbocycles. The summed E-state index contributed by atoms with van der Waals surface area (Å²) in [5, 5.41) is 4.20. The first kappa shape index (κ1) is 12.6. The summed E-state index contributed by atoms with van der Waals surface area (Å²) in [5.74, 6) is -0.164. The highest BCUT2D eigenvalue weighted by Gasteiger charge is 2.07. The number of hydrogen-bond acceptors (Lipinski definition) is 3. The third-order valence-electron chi connectivity index (χ3n) is 2.71. The summed E-state index contributed by atoms with van der Waals surface area (Å²) in [5.41, 5.74) is 7.99. The summed E-state index contributed by atoms with van der Waals surface area (Å²) in [4.78, 5) is 0. The van der Waals surface area contributed by atoms with Crippen LogP contribution in [0.4, 0.5) is 4.39 Å². The molecule has 0 spiro atoms. The third-order valence-corrected chi connectivity index (χ3v) is 2.71. The zero-order chi connectivity index (χ0) is 13.1. The van der Waals surface area contributed by atoms with Crippen molar-refractivity contribution in [3.8, 4) is 5.75 Å². The molecule has 0 fully saturated rings. The molecule has 18 heavy (non-hydrogen) atoms. The molecular formula is C13H16FN3O. The van der Waals surface area contributed by atoms with Crippen LogP contribution in [0.1, 0.15) is 17.0 Å². The van der Waals surface area contributed by atoms with Gasteiger partial charge in [-0.3, -0.25) is 4.68 Å². The molecule has 0 atom stereocenters. The Kier molecular flexibility index (Phi) is 3.62. The maximum atomic E-state index is 13.6. The van der Waals surface area contributed by atoms with E-state index < -0.39 is 5.82 Å². The lowest BCUT2D eigenvalue weighted by Gasteiger charge is -2.08. The Morgan fingerprint density at radius 2 is 2.17 bits per heavy atom. The standard InChI is InChI=1S/C13H16FN3O/c1-9-5-11(17(2)16-9)8-18-13-4-3-10(7-15)6-12(13)14/h3-6H,7-8,15H2,1-2H3. The molecule has 0 bridgehead atoms. The first-order valence-electron chi connectivity index (χ1n) is 5.71. The predicted octanol–water partition coefficient (Wildman–Crippen LogP) is 1.91. The molecule has 5 heteroatoms. The molecule has 0 saturated heterocycles. The summed E-state index contributed by atoms with van der Waals surface area (Å²) in [6.07, 6.45) is 0. The molecule has 2 aromatic rings. The van der Waals surface area contributed by atoms with Crippen molar-refractivity contribution in [2.45, 2.75) is 20.1 Å². The minimum Gasteiger partial charge on any atom is -0.484 e. The zero-order valence-electron chi connectivity index (χ0n) is 10.5. The summed E-state index contributed by atoms with van der Waals surface area (Å²) in [6.45, 7) is 2.51. The topological polar surface area (TPSA) is 53.1 Å². The van der Waals surface area contributed by atoms with Crippen molar-refractivity contribution in [3.05, 3.63) is 47.0 Å². The van der Waals surface area contributed by atoms with Crippen molar-refractivity contribution >= 4 is 0 Å². The average Bonchev–Trinajstić information content (AvgIpc) is 2.66. The summed E-state index contributed by atoms with van der Waals surface area (Å²) >= 11 is 0. The highest BCUT2D eigenvalue weighted by molar-refractivity contribution is 5.29. The number of ether oxygens (including phenoxy) is 1. The van der Waals surface area contributed by atoms with E-state index in [0.29, 0.717) is 6.54 Å². The van der Waals surface area contributed by atoms with Crippen LogP contribution in [0, 0.1) is 12.7 Å². The van der Waals surface area contributed by atoms with Gasteiger partial charge in [0.1, 0.15) is 6.61 Å². The molecule has 2 N–H and O–H groups in total. The van der Waals surface area contributed by atoms with Crippen LogP contribution in [0.15, 0.2) is 24.3 Å². The number of aromatic nitrogens is 2. The molecule has 1 aromatic heterocycles. The quantitative estimate of drug-likeness (QED) is 0.900. The van der Waals surface area contributed by atoms with Gasteiger partial charge in [0.15, 0.2) is 11.6 Å². The van der Waals surface area contributed by atoms with Crippen molar-refractivity contribution in [2.24, 2.45) is 12.8 Å². The number of benzene rings is 1. The molecule has 0 aliphatic heterocycles. The molecule has 0 aliphatic carbocycles. The Labute approximate surface area is 105 Å². The minimum absolute atomic E-state index is 0.228. The van der Waals surface area contributed by atoms with E-state index >= 15 is 0 Å². The van der Waals surface area contributed by atoms with Gasteiger partial charge in [0, 0.05) is 13.6 Å². The zero-order valence-corrected chi connectivity index (χ0v) is 10.5. The molecule has 0 unspecified atom stereocenters. The van der Waals surface area contributed by atoms with Gasteiger partial charge >= 0.3 is 0 Å². The van der Waals surface area contributed by atoms with Crippen LogP contribution in [-0.4, -0.2) is 9.78 Å². The van der Waals surface area contributed by atoms with Gasteiger partial charge in [0.2, 0.25) is 0 Å². The van der Waals surface area contributed by atoms with Gasteiger partial charge in [-0.2, -0.15) is 5.10 Å². The third kappa shape index (κ3) is 2.68. The van der Waals surface area contributed by atoms with E-state index in [1.165, 1.54) is 6.07 Å². The van der Waals surface area contributed by atoms with Crippen LogP contribution in [0.25, 0.3) is 0 Å². The van der Waals surface area contributed by atoms with Crippen molar-refractivity contribution in [3.63, 3.8) is 0 Å². The Hall–Kier alpha value is -1.88. The van der Waals surface area contributed by atoms with Gasteiger partial charge < -0.3 is 10.5 Å². The van der Waals surface area contributed by atoms with E-state index in [9.17, 15) is 4.39 Å². The molecule has 0 amide bonds. The van der Waals surface area contributed by atoms with Crippen LogP contribution < -0.4 is 10.5 Å². The largest absolute Gasteiger partial charge is 0.484 e. The Bertz CT molecular complexity index is 551. The summed E-state index contributed by atoms with van der Waals surface area (Å²) in [7, 11) is 1.83. The molecule has 2 rings (SSSR count). The maximum Gasteiger partial charge on any atom is 0.165 e. The summed E-state index contributed by atoms with van der Waals surface area (Å²) < 4.78 is 20.8. The highest BCUT2D eigenvalue weighted by Crippen LogP contribution is 2.19. The second kappa shape index (κ2) is 5.18. The number of aryl methyl sites for hydroxylation is 2. The van der Waals surface area contributed by atoms with Gasteiger partial charge in [0.25, 0.3) is 0 Å². The van der Waals surface area contributed by atoms with Gasteiger partial charge in [-0.05, 0) is 30.7 Å². The molecule has 1 heterocycles. The van der Waals surface area contributed by atoms with E-state index in [4.69, 9.17) is 10.5 Å². The fourth-order valence-corrected chi connectivity index (χ4v) is 1.74. The van der Waals surface area contributed by atoms with Crippen LogP contribution in [0.5, 0.6) is 5.75 Å². The van der Waals surface area contributed by atoms with Crippen LogP contribution in [0.2, 0.25) is 0 Å². The van der Waals surface area contributed by atoms with Crippen molar-refractivity contribution < 1.29 is 9.13 Å². The van der Waals surface area contributed by atoms with E-state index in [-0.39, 0.29) is 12.4 Å². The number of halogens is 1. The monoisotopic (exact) mass is 249 g/mol. The lowest BCUT2D eigenvalue weighted by molar-refractivity contribution is 0.280. The van der Waals surface area contributed by atoms with Gasteiger partial charge in [-0.15, -0.1) is 0 Å². The van der Waals surface area contributed by atoms with Crippen molar-refractivity contribution in [1.82, 2.24) is 9.78 Å². The Morgan fingerprint density at radius 3 is 2.72 bits per heavy atom. The molecule has 0 saturated carbocycles. The predicted molar refractivity (Wildman–Crippen MR) is 66.6 cm³/mol. The van der Waals surface area contributed by atoms with Crippen LogP contribution in [0.3, 0.4) is 0 Å². The van der Waals surface area contributed by atoms with E-state index in [1.54, 1.807) is 16.8 Å². The lowest BCUT2D eigenvalue weighted by Crippen LogP contribution is -2.04. The molecule has 4 nitrogen and oxygen atoms in total. The van der Waals surface area contributed by atoms with Crippen LogP contribution in [-0.2, 0) is 20.2 Å². The second-order valence-corrected chi connectivity index (χ2v) is 4.16. The van der Waals surface area contributed by atoms with E-state index in [2.05, 4.69) is 5.10 Å². The van der Waals surface area contributed by atoms with Crippen molar-refractivity contribution in [1.29, 1.82) is 0 Å². The number of rotatable bonds is 4. The first-order valence-corrected chi connectivity index (χ1v) is 5.71. The average molecular weight is 249 g/mol. The van der Waals surface area contributed by atoms with E-state index in [0.717, 1.165) is 17.0 Å².